The van der Waals surface area contributed by atoms with E-state index < -0.39 is 36.4 Å². The van der Waals surface area contributed by atoms with Crippen LogP contribution in [0.4, 0.5) is 0 Å². The van der Waals surface area contributed by atoms with Crippen LogP contribution in [0.1, 0.15) is 6.92 Å². The van der Waals surface area contributed by atoms with Crippen LogP contribution in [-0.4, -0.2) is 57.6 Å². The molecule has 0 bridgehead atoms. The summed E-state index contributed by atoms with van der Waals surface area (Å²) in [5, 5.41) is 31.9. The van der Waals surface area contributed by atoms with E-state index in [0.717, 1.165) is 4.90 Å². The average molecular weight is 313 g/mol. The van der Waals surface area contributed by atoms with Gasteiger partial charge in [-0.1, -0.05) is 30.0 Å². The Hall–Kier alpha value is -1.12. The minimum Gasteiger partial charge on any atom is -0.394 e. The van der Waals surface area contributed by atoms with Crippen molar-refractivity contribution in [1.82, 2.24) is 5.32 Å². The summed E-state index contributed by atoms with van der Waals surface area (Å²) in [5.41, 5.74) is -0.605. The Morgan fingerprint density at radius 1 is 1.29 bits per heavy atom. The van der Waals surface area contributed by atoms with Gasteiger partial charge in [0.25, 0.3) is 0 Å². The van der Waals surface area contributed by atoms with Gasteiger partial charge in [-0.05, 0) is 12.1 Å². The van der Waals surface area contributed by atoms with E-state index in [1.54, 1.807) is 0 Å². The summed E-state index contributed by atoms with van der Waals surface area (Å²) < 4.78 is 5.62. The number of aliphatic hydroxyl groups is 3. The van der Waals surface area contributed by atoms with Crippen molar-refractivity contribution in [2.75, 3.05) is 6.61 Å². The Balaban J connectivity index is 2.18. The molecule has 0 radical (unpaired) electrons. The maximum absolute atomic E-state index is 11.3. The highest BCUT2D eigenvalue weighted by Gasteiger charge is 2.44. The standard InChI is InChI=1S/C14H19NO5S/c1-8(17)15-11-13(19)12(18)10(7-16)20-14(11)21-9-5-3-2-4-6-9/h2-6,10-14,16,18-19H,7H2,1H3,(H,15,17)/t10-,11+,12-,13-,14+/m1/s1. The molecule has 1 amide bonds. The molecule has 21 heavy (non-hydrogen) atoms. The molecule has 6 nitrogen and oxygen atoms in total. The summed E-state index contributed by atoms with van der Waals surface area (Å²) in [6.45, 7) is 0.929. The summed E-state index contributed by atoms with van der Waals surface area (Å²) >= 11 is 1.32. The smallest absolute Gasteiger partial charge is 0.217 e. The quantitative estimate of drug-likeness (QED) is 0.610. The van der Waals surface area contributed by atoms with E-state index in [1.165, 1.54) is 18.7 Å². The SMILES string of the molecule is CC(=O)N[C@H]1[C@@H](O)[C@H](O)[C@@H](CO)O[C@H]1Sc1ccccc1. The Bertz CT molecular complexity index is 472. The number of amides is 1. The number of carbonyl (C=O) groups excluding carboxylic acids is 1. The second-order valence-electron chi connectivity index (χ2n) is 4.86. The largest absolute Gasteiger partial charge is 0.394 e. The molecule has 1 aromatic carbocycles. The molecule has 116 valence electrons. The molecule has 4 N–H and O–H groups in total. The fourth-order valence-corrected chi connectivity index (χ4v) is 3.36. The summed E-state index contributed by atoms with van der Waals surface area (Å²) in [5.74, 6) is -0.323. The Kier molecular flexibility index (Phi) is 5.60. The number of ether oxygens (including phenoxy) is 1. The Morgan fingerprint density at radius 3 is 2.52 bits per heavy atom. The number of aliphatic hydroxyl groups excluding tert-OH is 3. The Labute approximate surface area is 127 Å². The predicted octanol–water partition coefficient (Wildman–Crippen LogP) is -0.278. The topological polar surface area (TPSA) is 99.0 Å². The molecule has 1 fully saturated rings. The van der Waals surface area contributed by atoms with Gasteiger partial charge in [-0.25, -0.2) is 0 Å². The molecule has 5 atom stereocenters. The lowest BCUT2D eigenvalue weighted by Gasteiger charge is -2.42. The van der Waals surface area contributed by atoms with Crippen LogP contribution in [0.5, 0.6) is 0 Å². The number of nitrogens with one attached hydrogen (secondary N) is 1. The zero-order valence-electron chi connectivity index (χ0n) is 11.5. The predicted molar refractivity (Wildman–Crippen MR) is 77.7 cm³/mol. The van der Waals surface area contributed by atoms with E-state index in [1.807, 2.05) is 30.3 Å². The van der Waals surface area contributed by atoms with Crippen molar-refractivity contribution in [3.05, 3.63) is 30.3 Å². The van der Waals surface area contributed by atoms with Crippen molar-refractivity contribution in [3.8, 4) is 0 Å². The number of benzene rings is 1. The summed E-state index contributed by atoms with van der Waals surface area (Å²) in [7, 11) is 0. The highest BCUT2D eigenvalue weighted by molar-refractivity contribution is 7.99. The number of hydrogen-bond acceptors (Lipinski definition) is 6. The van der Waals surface area contributed by atoms with E-state index in [2.05, 4.69) is 5.32 Å². The first-order valence-electron chi connectivity index (χ1n) is 6.64. The number of carbonyl (C=O) groups is 1. The fraction of sp³-hybridized carbons (Fsp3) is 0.500. The first-order valence-corrected chi connectivity index (χ1v) is 7.52. The minimum absolute atomic E-state index is 0.323. The molecule has 1 aliphatic rings. The monoisotopic (exact) mass is 313 g/mol. The highest BCUT2D eigenvalue weighted by Crippen LogP contribution is 2.33. The maximum atomic E-state index is 11.3. The van der Waals surface area contributed by atoms with Crippen LogP contribution in [0.25, 0.3) is 0 Å². The van der Waals surface area contributed by atoms with Gasteiger partial charge in [-0.2, -0.15) is 0 Å². The molecule has 0 aromatic heterocycles. The van der Waals surface area contributed by atoms with Crippen LogP contribution in [0, 0.1) is 0 Å². The third-order valence-corrected chi connectivity index (χ3v) is 4.43. The van der Waals surface area contributed by atoms with Gasteiger partial charge in [-0.15, -0.1) is 0 Å². The lowest BCUT2D eigenvalue weighted by Crippen LogP contribution is -2.63. The summed E-state index contributed by atoms with van der Waals surface area (Å²) in [6, 6.07) is 8.62. The van der Waals surface area contributed by atoms with Gasteiger partial charge in [0.1, 0.15) is 23.7 Å². The molecule has 2 rings (SSSR count). The third-order valence-electron chi connectivity index (χ3n) is 3.25. The molecule has 1 heterocycles. The zero-order valence-corrected chi connectivity index (χ0v) is 12.4. The molecule has 0 spiro atoms. The first kappa shape index (κ1) is 16.3. The van der Waals surface area contributed by atoms with Crippen molar-refractivity contribution >= 4 is 17.7 Å². The molecule has 0 aliphatic carbocycles. The van der Waals surface area contributed by atoms with Crippen LogP contribution in [-0.2, 0) is 9.53 Å². The van der Waals surface area contributed by atoms with Crippen LogP contribution in [0.3, 0.4) is 0 Å². The van der Waals surface area contributed by atoms with Crippen molar-refractivity contribution in [3.63, 3.8) is 0 Å². The maximum Gasteiger partial charge on any atom is 0.217 e. The van der Waals surface area contributed by atoms with Gasteiger partial charge < -0.3 is 25.4 Å². The van der Waals surface area contributed by atoms with Crippen molar-refractivity contribution < 1.29 is 24.9 Å². The molecule has 0 saturated carbocycles. The van der Waals surface area contributed by atoms with Gasteiger partial charge in [-0.3, -0.25) is 4.79 Å². The second-order valence-corrected chi connectivity index (χ2v) is 6.04. The van der Waals surface area contributed by atoms with E-state index >= 15 is 0 Å². The van der Waals surface area contributed by atoms with Gasteiger partial charge in [0, 0.05) is 11.8 Å². The van der Waals surface area contributed by atoms with Crippen LogP contribution >= 0.6 is 11.8 Å². The normalized spacial score (nSPS) is 32.7. The van der Waals surface area contributed by atoms with Gasteiger partial charge in [0.05, 0.1) is 12.6 Å². The lowest BCUT2D eigenvalue weighted by atomic mass is 9.98. The fourth-order valence-electron chi connectivity index (χ4n) is 2.20. The summed E-state index contributed by atoms with van der Waals surface area (Å²) in [4.78, 5) is 12.2. The average Bonchev–Trinajstić information content (AvgIpc) is 2.47. The number of thioether (sulfide) groups is 1. The number of rotatable bonds is 4. The zero-order chi connectivity index (χ0) is 15.4. The van der Waals surface area contributed by atoms with E-state index in [-0.39, 0.29) is 5.91 Å². The van der Waals surface area contributed by atoms with Crippen LogP contribution in [0.15, 0.2) is 35.2 Å². The van der Waals surface area contributed by atoms with Crippen molar-refractivity contribution in [1.29, 1.82) is 0 Å². The Morgan fingerprint density at radius 2 is 1.95 bits per heavy atom. The van der Waals surface area contributed by atoms with Gasteiger partial charge >= 0.3 is 0 Å². The molecular formula is C14H19NO5S. The number of hydrogen-bond donors (Lipinski definition) is 4. The van der Waals surface area contributed by atoms with E-state index in [9.17, 15) is 20.1 Å². The van der Waals surface area contributed by atoms with Gasteiger partial charge in [0.2, 0.25) is 5.91 Å². The van der Waals surface area contributed by atoms with E-state index in [0.29, 0.717) is 0 Å². The molecular weight excluding hydrogens is 294 g/mol. The van der Waals surface area contributed by atoms with E-state index in [4.69, 9.17) is 4.74 Å². The molecule has 0 unspecified atom stereocenters. The first-order chi connectivity index (χ1) is 10.0. The molecule has 1 aliphatic heterocycles. The minimum atomic E-state index is -1.25. The van der Waals surface area contributed by atoms with Crippen molar-refractivity contribution in [2.45, 2.75) is 41.6 Å². The lowest BCUT2D eigenvalue weighted by molar-refractivity contribution is -0.173. The summed E-state index contributed by atoms with van der Waals surface area (Å²) in [6.07, 6.45) is -3.34. The molecule has 1 aromatic rings. The highest BCUT2D eigenvalue weighted by atomic mass is 32.2. The van der Waals surface area contributed by atoms with Gasteiger partial charge in [0.15, 0.2) is 0 Å². The molecule has 1 saturated heterocycles. The second kappa shape index (κ2) is 7.24. The molecule has 7 heteroatoms. The van der Waals surface area contributed by atoms with Crippen LogP contribution < -0.4 is 5.32 Å². The third kappa shape index (κ3) is 3.96. The van der Waals surface area contributed by atoms with Crippen molar-refractivity contribution in [2.24, 2.45) is 0 Å². The van der Waals surface area contributed by atoms with Crippen LogP contribution in [0.2, 0.25) is 0 Å².